The number of aryl methyl sites for hydroxylation is 3. The van der Waals surface area contributed by atoms with E-state index in [1.165, 1.54) is 28.8 Å². The van der Waals surface area contributed by atoms with Crippen LogP contribution >= 0.6 is 11.3 Å². The van der Waals surface area contributed by atoms with E-state index in [0.717, 1.165) is 10.4 Å². The molecule has 1 aromatic heterocycles. The summed E-state index contributed by atoms with van der Waals surface area (Å²) < 4.78 is 0. The summed E-state index contributed by atoms with van der Waals surface area (Å²) in [6, 6.07) is 10.7. The average Bonchev–Trinajstić information content (AvgIpc) is 3.22. The first-order valence-corrected chi connectivity index (χ1v) is 8.30. The number of rotatable bonds is 4. The van der Waals surface area contributed by atoms with Crippen molar-refractivity contribution in [2.24, 2.45) is 5.92 Å². The Bertz CT molecular complexity index is 652. The Kier molecular flexibility index (Phi) is 3.85. The van der Waals surface area contributed by atoms with Gasteiger partial charge in [-0.2, -0.15) is 0 Å². The Labute approximate surface area is 130 Å². The van der Waals surface area contributed by atoms with Crippen LogP contribution in [0.15, 0.2) is 30.3 Å². The lowest BCUT2D eigenvalue weighted by molar-refractivity contribution is 0.0931. The first-order valence-electron chi connectivity index (χ1n) is 7.49. The summed E-state index contributed by atoms with van der Waals surface area (Å²) in [7, 11) is 0. The second-order valence-electron chi connectivity index (χ2n) is 6.03. The Morgan fingerprint density at radius 1 is 1.19 bits per heavy atom. The standard InChI is InChI=1S/C18H21NOS/c1-11-4-6-14(7-5-11)17(15-8-9-15)19-18(20)16-10-12(2)21-13(16)3/h4-7,10,15,17H,8-9H2,1-3H3,(H,19,20). The third-order valence-corrected chi connectivity index (χ3v) is 5.07. The van der Waals surface area contributed by atoms with E-state index in [9.17, 15) is 4.79 Å². The number of thiophene rings is 1. The molecule has 1 amide bonds. The Hall–Kier alpha value is -1.61. The van der Waals surface area contributed by atoms with E-state index in [0.29, 0.717) is 5.92 Å². The van der Waals surface area contributed by atoms with E-state index < -0.39 is 0 Å². The second-order valence-corrected chi connectivity index (χ2v) is 7.49. The van der Waals surface area contributed by atoms with Gasteiger partial charge in [-0.25, -0.2) is 0 Å². The first-order chi connectivity index (χ1) is 10.0. The van der Waals surface area contributed by atoms with Crippen LogP contribution in [0.5, 0.6) is 0 Å². The zero-order chi connectivity index (χ0) is 15.0. The molecule has 21 heavy (non-hydrogen) atoms. The van der Waals surface area contributed by atoms with Gasteiger partial charge < -0.3 is 5.32 Å². The topological polar surface area (TPSA) is 29.1 Å². The summed E-state index contributed by atoms with van der Waals surface area (Å²) in [4.78, 5) is 14.8. The van der Waals surface area contributed by atoms with Crippen molar-refractivity contribution in [1.29, 1.82) is 0 Å². The normalized spacial score (nSPS) is 15.8. The highest BCUT2D eigenvalue weighted by molar-refractivity contribution is 7.12. The van der Waals surface area contributed by atoms with Gasteiger partial charge in [-0.3, -0.25) is 4.79 Å². The number of nitrogens with one attached hydrogen (secondary N) is 1. The minimum atomic E-state index is 0.0642. The van der Waals surface area contributed by atoms with Gasteiger partial charge in [0.15, 0.2) is 0 Å². The van der Waals surface area contributed by atoms with Crippen LogP contribution in [-0.4, -0.2) is 5.91 Å². The van der Waals surface area contributed by atoms with Gasteiger partial charge in [0.2, 0.25) is 0 Å². The lowest BCUT2D eigenvalue weighted by Gasteiger charge is -2.19. The van der Waals surface area contributed by atoms with Gasteiger partial charge in [-0.1, -0.05) is 29.8 Å². The third kappa shape index (κ3) is 3.18. The number of amides is 1. The maximum atomic E-state index is 12.6. The summed E-state index contributed by atoms with van der Waals surface area (Å²) in [5.41, 5.74) is 3.31. The molecular formula is C18H21NOS. The van der Waals surface area contributed by atoms with Gasteiger partial charge in [-0.05, 0) is 51.2 Å². The second kappa shape index (κ2) is 5.64. The highest BCUT2D eigenvalue weighted by Gasteiger charge is 2.33. The minimum Gasteiger partial charge on any atom is -0.345 e. The molecule has 1 fully saturated rings. The molecule has 1 aliphatic rings. The molecule has 2 aromatic rings. The molecular weight excluding hydrogens is 278 g/mol. The van der Waals surface area contributed by atoms with E-state index >= 15 is 0 Å². The SMILES string of the molecule is Cc1ccc(C(NC(=O)c2cc(C)sc2C)C2CC2)cc1. The Morgan fingerprint density at radius 3 is 2.38 bits per heavy atom. The lowest BCUT2D eigenvalue weighted by atomic mass is 10.0. The Morgan fingerprint density at radius 2 is 1.86 bits per heavy atom. The van der Waals surface area contributed by atoms with Crippen molar-refractivity contribution in [2.75, 3.05) is 0 Å². The maximum Gasteiger partial charge on any atom is 0.252 e. The number of hydrogen-bond donors (Lipinski definition) is 1. The van der Waals surface area contributed by atoms with Crippen LogP contribution in [-0.2, 0) is 0 Å². The monoisotopic (exact) mass is 299 g/mol. The van der Waals surface area contributed by atoms with Crippen LogP contribution < -0.4 is 5.32 Å². The highest BCUT2D eigenvalue weighted by atomic mass is 32.1. The van der Waals surface area contributed by atoms with Gasteiger partial charge >= 0.3 is 0 Å². The van der Waals surface area contributed by atoms with Crippen LogP contribution in [0.4, 0.5) is 0 Å². The van der Waals surface area contributed by atoms with E-state index in [-0.39, 0.29) is 11.9 Å². The predicted molar refractivity (Wildman–Crippen MR) is 87.9 cm³/mol. The van der Waals surface area contributed by atoms with E-state index in [2.05, 4.69) is 36.5 Å². The molecule has 0 radical (unpaired) electrons. The van der Waals surface area contributed by atoms with Gasteiger partial charge in [0, 0.05) is 9.75 Å². The maximum absolute atomic E-state index is 12.6. The highest BCUT2D eigenvalue weighted by Crippen LogP contribution is 2.41. The van der Waals surface area contributed by atoms with E-state index in [1.54, 1.807) is 11.3 Å². The molecule has 1 aromatic carbocycles. The quantitative estimate of drug-likeness (QED) is 0.881. The molecule has 0 spiro atoms. The van der Waals surface area contributed by atoms with Crippen molar-refractivity contribution in [3.63, 3.8) is 0 Å². The molecule has 1 aliphatic carbocycles. The number of carbonyl (C=O) groups excluding carboxylic acids is 1. The molecule has 1 saturated carbocycles. The zero-order valence-electron chi connectivity index (χ0n) is 12.8. The molecule has 110 valence electrons. The van der Waals surface area contributed by atoms with E-state index in [1.807, 2.05) is 19.9 Å². The van der Waals surface area contributed by atoms with Crippen molar-refractivity contribution in [3.05, 3.63) is 56.8 Å². The van der Waals surface area contributed by atoms with Crippen molar-refractivity contribution in [3.8, 4) is 0 Å². The zero-order valence-corrected chi connectivity index (χ0v) is 13.6. The smallest absolute Gasteiger partial charge is 0.252 e. The summed E-state index contributed by atoms with van der Waals surface area (Å²) in [5, 5.41) is 3.25. The summed E-state index contributed by atoms with van der Waals surface area (Å²) in [5.74, 6) is 0.658. The summed E-state index contributed by atoms with van der Waals surface area (Å²) in [6.45, 7) is 6.16. The molecule has 3 rings (SSSR count). The van der Waals surface area contributed by atoms with Crippen LogP contribution in [0.3, 0.4) is 0 Å². The summed E-state index contributed by atoms with van der Waals surface area (Å²) in [6.07, 6.45) is 2.42. The number of benzene rings is 1. The van der Waals surface area contributed by atoms with Gasteiger partial charge in [-0.15, -0.1) is 11.3 Å². The van der Waals surface area contributed by atoms with Crippen molar-refractivity contribution in [2.45, 2.75) is 39.7 Å². The Balaban J connectivity index is 1.81. The largest absolute Gasteiger partial charge is 0.345 e. The molecule has 0 bridgehead atoms. The van der Waals surface area contributed by atoms with Crippen LogP contribution in [0.1, 0.15) is 50.1 Å². The molecule has 1 heterocycles. The van der Waals surface area contributed by atoms with Gasteiger partial charge in [0.05, 0.1) is 11.6 Å². The fourth-order valence-electron chi connectivity index (χ4n) is 2.75. The first kappa shape index (κ1) is 14.3. The molecule has 1 N–H and O–H groups in total. The molecule has 0 saturated heterocycles. The van der Waals surface area contributed by atoms with Crippen molar-refractivity contribution >= 4 is 17.2 Å². The third-order valence-electron chi connectivity index (χ3n) is 4.10. The summed E-state index contributed by atoms with van der Waals surface area (Å²) >= 11 is 1.69. The molecule has 1 atom stereocenters. The number of carbonyl (C=O) groups is 1. The van der Waals surface area contributed by atoms with Crippen LogP contribution in [0.2, 0.25) is 0 Å². The fraction of sp³-hybridized carbons (Fsp3) is 0.389. The van der Waals surface area contributed by atoms with Gasteiger partial charge in [0.25, 0.3) is 5.91 Å². The van der Waals surface area contributed by atoms with Crippen LogP contribution in [0.25, 0.3) is 0 Å². The van der Waals surface area contributed by atoms with Crippen molar-refractivity contribution in [1.82, 2.24) is 5.32 Å². The van der Waals surface area contributed by atoms with Crippen LogP contribution in [0, 0.1) is 26.7 Å². The molecule has 3 heteroatoms. The molecule has 1 unspecified atom stereocenters. The number of hydrogen-bond acceptors (Lipinski definition) is 2. The van der Waals surface area contributed by atoms with Gasteiger partial charge in [0.1, 0.15) is 0 Å². The van der Waals surface area contributed by atoms with Crippen molar-refractivity contribution < 1.29 is 4.79 Å². The fourth-order valence-corrected chi connectivity index (χ4v) is 3.67. The average molecular weight is 299 g/mol. The predicted octanol–water partition coefficient (Wildman–Crippen LogP) is 4.55. The molecule has 2 nitrogen and oxygen atoms in total. The lowest BCUT2D eigenvalue weighted by Crippen LogP contribution is -2.30. The van der Waals surface area contributed by atoms with E-state index in [4.69, 9.17) is 0 Å². The molecule has 0 aliphatic heterocycles. The minimum absolute atomic E-state index is 0.0642.